The first-order valence-electron chi connectivity index (χ1n) is 8.04. The molecule has 0 aromatic heterocycles. The number of carbonyl (C=O) groups is 1. The Hall–Kier alpha value is -1.30. The number of amides is 1. The number of carbonyl (C=O) groups excluding carboxylic acids is 1. The number of hydrogen-bond acceptors (Lipinski definition) is 4. The first-order valence-corrected chi connectivity index (χ1v) is 8.04. The lowest BCUT2D eigenvalue weighted by molar-refractivity contribution is -0.147. The first-order chi connectivity index (χ1) is 10.7. The number of piperidine rings is 1. The molecule has 1 saturated heterocycles. The van der Waals surface area contributed by atoms with Gasteiger partial charge in [0, 0.05) is 12.7 Å². The lowest BCUT2D eigenvalue weighted by Crippen LogP contribution is -2.54. The number of hydrogen-bond donors (Lipinski definition) is 2. The molecule has 2 aliphatic rings. The van der Waals surface area contributed by atoms with E-state index in [1.54, 1.807) is 7.11 Å². The minimum absolute atomic E-state index is 0. The van der Waals surface area contributed by atoms with Gasteiger partial charge in [-0.25, -0.2) is 0 Å². The largest absolute Gasteiger partial charge is 0.493 e. The van der Waals surface area contributed by atoms with Crippen molar-refractivity contribution in [3.63, 3.8) is 0 Å². The van der Waals surface area contributed by atoms with E-state index in [4.69, 9.17) is 9.47 Å². The third kappa shape index (κ3) is 3.79. The first kappa shape index (κ1) is 18.0. The van der Waals surface area contributed by atoms with E-state index in [1.807, 2.05) is 24.3 Å². The molecule has 5 nitrogen and oxygen atoms in total. The molecule has 0 aliphatic carbocycles. The van der Waals surface area contributed by atoms with Crippen molar-refractivity contribution in [3.05, 3.63) is 29.8 Å². The van der Waals surface area contributed by atoms with Crippen molar-refractivity contribution in [2.45, 2.75) is 37.3 Å². The Morgan fingerprint density at radius 1 is 1.35 bits per heavy atom. The summed E-state index contributed by atoms with van der Waals surface area (Å²) < 4.78 is 11.4. The summed E-state index contributed by atoms with van der Waals surface area (Å²) in [5.41, 5.74) is 0.362. The van der Waals surface area contributed by atoms with E-state index in [1.165, 1.54) is 0 Å². The highest BCUT2D eigenvalue weighted by atomic mass is 35.5. The van der Waals surface area contributed by atoms with Gasteiger partial charge in [-0.05, 0) is 44.8 Å². The Labute approximate surface area is 143 Å². The summed E-state index contributed by atoms with van der Waals surface area (Å²) in [5, 5.41) is 6.48. The van der Waals surface area contributed by atoms with E-state index in [-0.39, 0.29) is 24.4 Å². The van der Waals surface area contributed by atoms with E-state index in [9.17, 15) is 4.79 Å². The molecule has 2 aliphatic heterocycles. The number of fused-ring (bicyclic) bond motifs is 1. The molecule has 1 fully saturated rings. The maximum absolute atomic E-state index is 12.8. The molecule has 0 bridgehead atoms. The summed E-state index contributed by atoms with van der Waals surface area (Å²) in [7, 11) is 1.63. The molecule has 3 rings (SSSR count). The van der Waals surface area contributed by atoms with Crippen molar-refractivity contribution in [1.29, 1.82) is 0 Å². The number of benzene rings is 1. The molecule has 2 N–H and O–H groups in total. The second-order valence-corrected chi connectivity index (χ2v) is 6.00. The standard InChI is InChI=1S/C17H24N2O3.ClH/c1-21-17(8-10-18-11-9-17)16(20)19-14-6-4-12-22-15-7-3-2-5-13(14)15;/h2-3,5,7,14,18H,4,6,8-12H2,1H3,(H,19,20);1H. The fraction of sp³-hybridized carbons (Fsp3) is 0.588. The number of para-hydroxylation sites is 1. The highest BCUT2D eigenvalue weighted by Gasteiger charge is 2.40. The van der Waals surface area contributed by atoms with Gasteiger partial charge >= 0.3 is 0 Å². The van der Waals surface area contributed by atoms with Gasteiger partial charge in [0.2, 0.25) is 0 Å². The summed E-state index contributed by atoms with van der Waals surface area (Å²) in [4.78, 5) is 12.8. The normalized spacial score (nSPS) is 22.7. The summed E-state index contributed by atoms with van der Waals surface area (Å²) in [5.74, 6) is 0.875. The summed E-state index contributed by atoms with van der Waals surface area (Å²) in [6.07, 6.45) is 3.24. The molecule has 0 spiro atoms. The van der Waals surface area contributed by atoms with Gasteiger partial charge in [0.05, 0.1) is 12.6 Å². The van der Waals surface area contributed by atoms with Crippen LogP contribution in [0.4, 0.5) is 0 Å². The van der Waals surface area contributed by atoms with Crippen LogP contribution in [0.3, 0.4) is 0 Å². The van der Waals surface area contributed by atoms with Crippen LogP contribution < -0.4 is 15.4 Å². The van der Waals surface area contributed by atoms with Gasteiger partial charge in [-0.2, -0.15) is 0 Å². The van der Waals surface area contributed by atoms with Crippen molar-refractivity contribution in [2.24, 2.45) is 0 Å². The Morgan fingerprint density at radius 3 is 2.83 bits per heavy atom. The molecule has 1 aromatic carbocycles. The predicted octanol–water partition coefficient (Wildman–Crippen LogP) is 2.21. The van der Waals surface area contributed by atoms with Crippen LogP contribution in [0, 0.1) is 0 Å². The average molecular weight is 341 g/mol. The molecule has 1 aromatic rings. The van der Waals surface area contributed by atoms with Crippen LogP contribution in [0.25, 0.3) is 0 Å². The second-order valence-electron chi connectivity index (χ2n) is 6.00. The SMILES string of the molecule is COC1(C(=O)NC2CCCOc3ccccc32)CCNCC1.Cl. The van der Waals surface area contributed by atoms with Gasteiger partial charge in [0.15, 0.2) is 0 Å². The number of halogens is 1. The zero-order chi connectivity index (χ0) is 15.4. The highest BCUT2D eigenvalue weighted by Crippen LogP contribution is 2.32. The molecule has 2 heterocycles. The highest BCUT2D eigenvalue weighted by molar-refractivity contribution is 5.86. The molecular weight excluding hydrogens is 316 g/mol. The topological polar surface area (TPSA) is 59.6 Å². The van der Waals surface area contributed by atoms with Gasteiger partial charge in [0.25, 0.3) is 5.91 Å². The Morgan fingerprint density at radius 2 is 2.09 bits per heavy atom. The maximum Gasteiger partial charge on any atom is 0.252 e. The van der Waals surface area contributed by atoms with Crippen LogP contribution in [0.15, 0.2) is 24.3 Å². The van der Waals surface area contributed by atoms with Crippen LogP contribution in [-0.2, 0) is 9.53 Å². The fourth-order valence-electron chi connectivity index (χ4n) is 3.32. The van der Waals surface area contributed by atoms with Crippen LogP contribution >= 0.6 is 12.4 Å². The van der Waals surface area contributed by atoms with Crippen molar-refractivity contribution in [2.75, 3.05) is 26.8 Å². The molecule has 1 amide bonds. The van der Waals surface area contributed by atoms with Crippen LogP contribution in [0.1, 0.15) is 37.3 Å². The average Bonchev–Trinajstić information content (AvgIpc) is 2.78. The van der Waals surface area contributed by atoms with Gasteiger partial charge in [-0.15, -0.1) is 12.4 Å². The smallest absolute Gasteiger partial charge is 0.252 e. The van der Waals surface area contributed by atoms with Crippen molar-refractivity contribution < 1.29 is 14.3 Å². The predicted molar refractivity (Wildman–Crippen MR) is 91.1 cm³/mol. The van der Waals surface area contributed by atoms with Gasteiger partial charge in [0.1, 0.15) is 11.4 Å². The summed E-state index contributed by atoms with van der Waals surface area (Å²) >= 11 is 0. The van der Waals surface area contributed by atoms with E-state index < -0.39 is 5.60 Å². The zero-order valence-electron chi connectivity index (χ0n) is 13.5. The van der Waals surface area contributed by atoms with Gasteiger partial charge < -0.3 is 20.1 Å². The maximum atomic E-state index is 12.8. The number of methoxy groups -OCH3 is 1. The molecule has 6 heteroatoms. The minimum Gasteiger partial charge on any atom is -0.493 e. The van der Waals surface area contributed by atoms with Crippen LogP contribution in [0.2, 0.25) is 0 Å². The van der Waals surface area contributed by atoms with Crippen LogP contribution in [0.5, 0.6) is 5.75 Å². The third-order valence-electron chi connectivity index (χ3n) is 4.71. The lowest BCUT2D eigenvalue weighted by atomic mass is 9.90. The van der Waals surface area contributed by atoms with Crippen molar-refractivity contribution >= 4 is 18.3 Å². The van der Waals surface area contributed by atoms with Crippen molar-refractivity contribution in [3.8, 4) is 5.75 Å². The fourth-order valence-corrected chi connectivity index (χ4v) is 3.32. The number of rotatable bonds is 3. The van der Waals surface area contributed by atoms with E-state index in [2.05, 4.69) is 10.6 Å². The van der Waals surface area contributed by atoms with Crippen LogP contribution in [-0.4, -0.2) is 38.3 Å². The monoisotopic (exact) mass is 340 g/mol. The Kier molecular flexibility index (Phi) is 6.27. The van der Waals surface area contributed by atoms with Crippen molar-refractivity contribution in [1.82, 2.24) is 10.6 Å². The van der Waals surface area contributed by atoms with E-state index in [0.717, 1.165) is 37.2 Å². The number of ether oxygens (including phenoxy) is 2. The zero-order valence-corrected chi connectivity index (χ0v) is 14.3. The summed E-state index contributed by atoms with van der Waals surface area (Å²) in [6.45, 7) is 2.32. The molecule has 128 valence electrons. The molecule has 23 heavy (non-hydrogen) atoms. The summed E-state index contributed by atoms with van der Waals surface area (Å²) in [6, 6.07) is 7.95. The van der Waals surface area contributed by atoms with E-state index >= 15 is 0 Å². The Balaban J connectivity index is 0.00000192. The molecule has 1 unspecified atom stereocenters. The lowest BCUT2D eigenvalue weighted by Gasteiger charge is -2.36. The molecule has 1 atom stereocenters. The minimum atomic E-state index is -0.701. The van der Waals surface area contributed by atoms with Gasteiger partial charge in [-0.1, -0.05) is 18.2 Å². The Bertz CT molecular complexity index is 532. The third-order valence-corrected chi connectivity index (χ3v) is 4.71. The molecule has 0 radical (unpaired) electrons. The second kappa shape index (κ2) is 7.99. The quantitative estimate of drug-likeness (QED) is 0.885. The molecular formula is C17H25ClN2O3. The molecule has 0 saturated carbocycles. The number of nitrogens with one attached hydrogen (secondary N) is 2. The van der Waals surface area contributed by atoms with Gasteiger partial charge in [-0.3, -0.25) is 4.79 Å². The van der Waals surface area contributed by atoms with E-state index in [0.29, 0.717) is 19.4 Å².